The Morgan fingerprint density at radius 3 is 2.54 bits per heavy atom. The lowest BCUT2D eigenvalue weighted by atomic mass is 10.3. The minimum absolute atomic E-state index is 0.337. The number of hydrogen-bond acceptors (Lipinski definition) is 5. The monoisotopic (exact) mass is 357 g/mol. The third-order valence-corrected chi connectivity index (χ3v) is 5.23. The van der Waals surface area contributed by atoms with Gasteiger partial charge in [0.05, 0.1) is 0 Å². The zero-order chi connectivity index (χ0) is 18.2. The lowest BCUT2D eigenvalue weighted by molar-refractivity contribution is 0.201. The molecule has 0 aliphatic heterocycles. The molecule has 1 aromatic rings. The van der Waals surface area contributed by atoms with E-state index in [0.717, 1.165) is 30.3 Å². The highest BCUT2D eigenvalue weighted by Gasteiger charge is 2.28. The van der Waals surface area contributed by atoms with Crippen LogP contribution in [0.2, 0.25) is 0 Å². The van der Waals surface area contributed by atoms with E-state index in [2.05, 4.69) is 16.7 Å². The number of unbranched alkanes of at least 4 members (excludes halogenated alkanes) is 1. The SMILES string of the molecule is C=CCN(CCC)C(=O)n1cnc(S(=O)(=O)N(CC)CCCC)n1. The van der Waals surface area contributed by atoms with Gasteiger partial charge in [0.2, 0.25) is 0 Å². The molecule has 8 nitrogen and oxygen atoms in total. The highest BCUT2D eigenvalue weighted by molar-refractivity contribution is 7.88. The number of nitrogens with zero attached hydrogens (tertiary/aromatic N) is 5. The molecule has 0 aliphatic carbocycles. The lowest BCUT2D eigenvalue weighted by Gasteiger charge is -2.19. The lowest BCUT2D eigenvalue weighted by Crippen LogP contribution is -2.36. The van der Waals surface area contributed by atoms with E-state index in [1.165, 1.54) is 9.21 Å². The van der Waals surface area contributed by atoms with E-state index in [9.17, 15) is 13.2 Å². The number of carbonyl (C=O) groups excluding carboxylic acids is 1. The van der Waals surface area contributed by atoms with Gasteiger partial charge >= 0.3 is 6.03 Å². The molecule has 0 N–H and O–H groups in total. The molecule has 1 amide bonds. The standard InChI is InChI=1S/C15H27N5O3S/c1-5-9-12-19(8-4)24(22,23)14-16-13-20(17-14)15(21)18(10-6-2)11-7-3/h6,13H,2,5,7-12H2,1,3-4H3. The molecule has 0 saturated carbocycles. The Bertz CT molecular complexity index is 641. The summed E-state index contributed by atoms with van der Waals surface area (Å²) in [5, 5.41) is 3.55. The van der Waals surface area contributed by atoms with Crippen molar-refractivity contribution in [3.63, 3.8) is 0 Å². The van der Waals surface area contributed by atoms with Gasteiger partial charge in [0.1, 0.15) is 6.33 Å². The number of carbonyl (C=O) groups is 1. The first kappa shape index (κ1) is 20.3. The maximum atomic E-state index is 12.6. The summed E-state index contributed by atoms with van der Waals surface area (Å²) >= 11 is 0. The van der Waals surface area contributed by atoms with E-state index in [-0.39, 0.29) is 5.16 Å². The maximum Gasteiger partial charge on any atom is 0.346 e. The van der Waals surface area contributed by atoms with Crippen LogP contribution in [0.15, 0.2) is 24.1 Å². The highest BCUT2D eigenvalue weighted by atomic mass is 32.2. The summed E-state index contributed by atoms with van der Waals surface area (Å²) in [7, 11) is -3.79. The van der Waals surface area contributed by atoms with Crippen LogP contribution in [0.5, 0.6) is 0 Å². The predicted octanol–water partition coefficient (Wildman–Crippen LogP) is 1.95. The van der Waals surface area contributed by atoms with Crippen molar-refractivity contribution in [1.82, 2.24) is 24.0 Å². The predicted molar refractivity (Wildman–Crippen MR) is 92.2 cm³/mol. The van der Waals surface area contributed by atoms with Crippen LogP contribution in [-0.2, 0) is 10.0 Å². The van der Waals surface area contributed by atoms with E-state index in [4.69, 9.17) is 0 Å². The van der Waals surface area contributed by atoms with E-state index in [0.29, 0.717) is 26.2 Å². The Morgan fingerprint density at radius 1 is 1.29 bits per heavy atom. The molecule has 0 bridgehead atoms. The van der Waals surface area contributed by atoms with E-state index in [1.54, 1.807) is 13.0 Å². The summed E-state index contributed by atoms with van der Waals surface area (Å²) in [6.07, 6.45) is 5.19. The summed E-state index contributed by atoms with van der Waals surface area (Å²) < 4.78 is 27.4. The van der Waals surface area contributed by atoms with Crippen molar-refractivity contribution >= 4 is 16.1 Å². The van der Waals surface area contributed by atoms with Crippen LogP contribution in [0.1, 0.15) is 40.0 Å². The summed E-state index contributed by atoms with van der Waals surface area (Å²) in [4.78, 5) is 17.8. The molecular weight excluding hydrogens is 330 g/mol. The second kappa shape index (κ2) is 9.53. The smallest absolute Gasteiger partial charge is 0.319 e. The fourth-order valence-electron chi connectivity index (χ4n) is 2.19. The van der Waals surface area contributed by atoms with Crippen molar-refractivity contribution in [1.29, 1.82) is 0 Å². The average Bonchev–Trinajstić information content (AvgIpc) is 3.05. The zero-order valence-corrected chi connectivity index (χ0v) is 15.5. The van der Waals surface area contributed by atoms with Gasteiger partial charge in [0, 0.05) is 26.2 Å². The van der Waals surface area contributed by atoms with Crippen molar-refractivity contribution in [2.45, 2.75) is 45.2 Å². The van der Waals surface area contributed by atoms with E-state index >= 15 is 0 Å². The van der Waals surface area contributed by atoms with Gasteiger partial charge in [-0.05, 0) is 12.8 Å². The summed E-state index contributed by atoms with van der Waals surface area (Å²) in [5.41, 5.74) is 0. The van der Waals surface area contributed by atoms with Crippen LogP contribution in [-0.4, -0.2) is 64.6 Å². The number of amides is 1. The molecule has 0 radical (unpaired) electrons. The number of aromatic nitrogens is 3. The van der Waals surface area contributed by atoms with Gasteiger partial charge in [-0.25, -0.2) is 18.2 Å². The van der Waals surface area contributed by atoms with Crippen LogP contribution in [0.4, 0.5) is 4.79 Å². The van der Waals surface area contributed by atoms with Gasteiger partial charge in [0.25, 0.3) is 15.2 Å². The Hall–Kier alpha value is -1.74. The molecule has 24 heavy (non-hydrogen) atoms. The minimum atomic E-state index is -3.79. The molecule has 0 unspecified atom stereocenters. The molecule has 0 saturated heterocycles. The van der Waals surface area contributed by atoms with Crippen LogP contribution >= 0.6 is 0 Å². The van der Waals surface area contributed by atoms with Crippen molar-refractivity contribution < 1.29 is 13.2 Å². The molecule has 136 valence electrons. The average molecular weight is 357 g/mol. The van der Waals surface area contributed by atoms with Crippen LogP contribution < -0.4 is 0 Å². The Morgan fingerprint density at radius 2 is 2.00 bits per heavy atom. The van der Waals surface area contributed by atoms with Crippen LogP contribution in [0, 0.1) is 0 Å². The molecule has 1 aromatic heterocycles. The Labute approximate surface area is 144 Å². The van der Waals surface area contributed by atoms with Gasteiger partial charge in [0.15, 0.2) is 0 Å². The molecule has 0 aliphatic rings. The molecule has 0 fully saturated rings. The summed E-state index contributed by atoms with van der Waals surface area (Å²) in [6.45, 7) is 11.0. The largest absolute Gasteiger partial charge is 0.346 e. The summed E-state index contributed by atoms with van der Waals surface area (Å²) in [6, 6.07) is -0.415. The molecule has 0 spiro atoms. The third kappa shape index (κ3) is 4.88. The molecule has 1 rings (SSSR count). The first-order valence-corrected chi connectivity index (χ1v) is 9.68. The fraction of sp³-hybridized carbons (Fsp3) is 0.667. The zero-order valence-electron chi connectivity index (χ0n) is 14.7. The first-order chi connectivity index (χ1) is 11.4. The van der Waals surface area contributed by atoms with Crippen molar-refractivity contribution in [3.05, 3.63) is 19.0 Å². The van der Waals surface area contributed by atoms with Gasteiger partial charge in [-0.3, -0.25) is 0 Å². The second-order valence-electron chi connectivity index (χ2n) is 5.34. The van der Waals surface area contributed by atoms with Crippen LogP contribution in [0.3, 0.4) is 0 Å². The number of sulfonamides is 1. The highest BCUT2D eigenvalue weighted by Crippen LogP contribution is 2.12. The molecular formula is C15H27N5O3S. The first-order valence-electron chi connectivity index (χ1n) is 8.24. The normalized spacial score (nSPS) is 11.7. The molecule has 1 heterocycles. The van der Waals surface area contributed by atoms with Crippen molar-refractivity contribution in [3.8, 4) is 0 Å². The van der Waals surface area contributed by atoms with Crippen molar-refractivity contribution in [2.75, 3.05) is 26.2 Å². The fourth-order valence-corrected chi connectivity index (χ4v) is 3.50. The quantitative estimate of drug-likeness (QED) is 0.597. The molecule has 0 aromatic carbocycles. The second-order valence-corrected chi connectivity index (χ2v) is 7.17. The third-order valence-electron chi connectivity index (χ3n) is 3.46. The van der Waals surface area contributed by atoms with Crippen molar-refractivity contribution in [2.24, 2.45) is 0 Å². The topological polar surface area (TPSA) is 88.4 Å². The number of hydrogen-bond donors (Lipinski definition) is 0. The van der Waals surface area contributed by atoms with E-state index in [1.807, 2.05) is 13.8 Å². The maximum absolute atomic E-state index is 12.6. The Balaban J connectivity index is 3.01. The summed E-state index contributed by atoms with van der Waals surface area (Å²) in [5.74, 6) is 0. The molecule has 9 heteroatoms. The van der Waals surface area contributed by atoms with Crippen LogP contribution in [0.25, 0.3) is 0 Å². The number of rotatable bonds is 10. The van der Waals surface area contributed by atoms with Gasteiger partial charge in [-0.15, -0.1) is 11.7 Å². The minimum Gasteiger partial charge on any atom is -0.319 e. The van der Waals surface area contributed by atoms with E-state index < -0.39 is 16.1 Å². The van der Waals surface area contributed by atoms with Gasteiger partial charge < -0.3 is 4.90 Å². The van der Waals surface area contributed by atoms with Gasteiger partial charge in [-0.1, -0.05) is 33.3 Å². The molecule has 0 atom stereocenters. The van der Waals surface area contributed by atoms with Gasteiger partial charge in [-0.2, -0.15) is 8.99 Å². The Kier molecular flexibility index (Phi) is 8.06.